The Morgan fingerprint density at radius 3 is 1.27 bits per heavy atom. The van der Waals surface area contributed by atoms with Crippen LogP contribution in [0, 0.1) is 0 Å². The molecule has 0 saturated heterocycles. The van der Waals surface area contributed by atoms with Gasteiger partial charge in [0.2, 0.25) is 0 Å². The third-order valence-electron chi connectivity index (χ3n) is 10.6. The minimum Gasteiger partial charge on any atom is -0.462 e. The summed E-state index contributed by atoms with van der Waals surface area (Å²) in [6, 6.07) is 0. The number of esters is 2. The smallest absolute Gasteiger partial charge is 0.462 e. The highest BCUT2D eigenvalue weighted by atomic mass is 31.2. The number of carbonyl (C=O) groups excluding carboxylic acids is 2. The number of rotatable bonds is 46. The zero-order valence-electron chi connectivity index (χ0n) is 43.1. The van der Waals surface area contributed by atoms with Crippen LogP contribution in [-0.2, 0) is 32.7 Å². The topological polar surface area (TPSA) is 108 Å². The van der Waals surface area contributed by atoms with Crippen molar-refractivity contribution in [2.45, 2.75) is 193 Å². The van der Waals surface area contributed by atoms with Gasteiger partial charge in [0.05, 0.1) is 27.7 Å². The predicted octanol–water partition coefficient (Wildman–Crippen LogP) is 15.9. The first kappa shape index (κ1) is 63.7. The van der Waals surface area contributed by atoms with Gasteiger partial charge in [-0.3, -0.25) is 18.6 Å². The summed E-state index contributed by atoms with van der Waals surface area (Å²) in [4.78, 5) is 35.4. The Morgan fingerprint density at radius 2 is 0.851 bits per heavy atom. The summed E-state index contributed by atoms with van der Waals surface area (Å²) in [7, 11) is 1.45. The largest absolute Gasteiger partial charge is 0.472 e. The maximum absolute atomic E-state index is 12.7. The van der Waals surface area contributed by atoms with Gasteiger partial charge in [-0.1, -0.05) is 200 Å². The summed E-state index contributed by atoms with van der Waals surface area (Å²) in [5.74, 6) is -0.829. The van der Waals surface area contributed by atoms with E-state index in [9.17, 15) is 19.0 Å². The first-order valence-electron chi connectivity index (χ1n) is 26.1. The van der Waals surface area contributed by atoms with E-state index in [0.29, 0.717) is 17.4 Å². The molecule has 0 heterocycles. The highest BCUT2D eigenvalue weighted by molar-refractivity contribution is 7.47. The standard InChI is InChI=1S/C57H96NO8P/c1-6-8-10-12-14-16-18-19-20-21-22-23-24-25-26-27-28-29-30-31-32-33-34-35-36-37-38-39-40-42-44-46-48-50-57(60)66-55(54-65-67(61,62)64-52-51-58(3,4)5)53-63-56(59)49-47-45-43-41-17-15-13-11-9-7-2/h8,10,14,16,19-20,22-23,25-26,28-29,31-32,34-35,37-38,55H,6-7,9,11-13,15,17-18,21,24,27,30,33,36,39-54H2,1-5H3/p+1/b10-8-,16-14-,20-19-,23-22-,26-25-,29-28-,32-31-,35-34-,38-37-. The Kier molecular flexibility index (Phi) is 45.4. The third kappa shape index (κ3) is 51.9. The van der Waals surface area contributed by atoms with Gasteiger partial charge in [-0.15, -0.1) is 0 Å². The van der Waals surface area contributed by atoms with Gasteiger partial charge in [0.25, 0.3) is 0 Å². The van der Waals surface area contributed by atoms with E-state index in [-0.39, 0.29) is 32.0 Å². The van der Waals surface area contributed by atoms with E-state index in [1.165, 1.54) is 44.9 Å². The van der Waals surface area contributed by atoms with E-state index < -0.39 is 26.5 Å². The second-order valence-electron chi connectivity index (χ2n) is 18.2. The van der Waals surface area contributed by atoms with Gasteiger partial charge in [-0.2, -0.15) is 0 Å². The second-order valence-corrected chi connectivity index (χ2v) is 19.6. The van der Waals surface area contributed by atoms with Gasteiger partial charge in [0.1, 0.15) is 19.8 Å². The molecule has 0 saturated carbocycles. The van der Waals surface area contributed by atoms with Crippen LogP contribution in [0.1, 0.15) is 187 Å². The Morgan fingerprint density at radius 1 is 0.478 bits per heavy atom. The van der Waals surface area contributed by atoms with E-state index >= 15 is 0 Å². The summed E-state index contributed by atoms with van der Waals surface area (Å²) in [5.41, 5.74) is 0. The van der Waals surface area contributed by atoms with Gasteiger partial charge < -0.3 is 18.9 Å². The molecule has 67 heavy (non-hydrogen) atoms. The van der Waals surface area contributed by atoms with Crippen LogP contribution in [0.2, 0.25) is 0 Å². The Hall–Kier alpha value is -3.33. The van der Waals surface area contributed by atoms with Crippen molar-refractivity contribution in [3.8, 4) is 0 Å². The molecule has 0 aliphatic rings. The van der Waals surface area contributed by atoms with Gasteiger partial charge in [-0.05, 0) is 83.5 Å². The van der Waals surface area contributed by atoms with Crippen molar-refractivity contribution in [3.63, 3.8) is 0 Å². The lowest BCUT2D eigenvalue weighted by molar-refractivity contribution is -0.870. The first-order valence-corrected chi connectivity index (χ1v) is 27.6. The van der Waals surface area contributed by atoms with Crippen molar-refractivity contribution >= 4 is 19.8 Å². The fraction of sp³-hybridized carbons (Fsp3) is 0.649. The average Bonchev–Trinajstić information content (AvgIpc) is 3.29. The molecule has 382 valence electrons. The van der Waals surface area contributed by atoms with E-state index in [1.54, 1.807) is 0 Å². The van der Waals surface area contributed by atoms with Gasteiger partial charge in [0, 0.05) is 12.8 Å². The summed E-state index contributed by atoms with van der Waals surface area (Å²) >= 11 is 0. The van der Waals surface area contributed by atoms with Crippen molar-refractivity contribution in [2.75, 3.05) is 47.5 Å². The second kappa shape index (κ2) is 47.7. The molecule has 10 heteroatoms. The number of allylic oxidation sites excluding steroid dienone is 18. The molecule has 0 bridgehead atoms. The van der Waals surface area contributed by atoms with Crippen LogP contribution < -0.4 is 0 Å². The van der Waals surface area contributed by atoms with Crippen molar-refractivity contribution in [2.24, 2.45) is 0 Å². The molecule has 0 radical (unpaired) electrons. The molecule has 0 rings (SSSR count). The molecule has 0 aliphatic carbocycles. The first-order chi connectivity index (χ1) is 32.5. The summed E-state index contributed by atoms with van der Waals surface area (Å²) in [5, 5.41) is 0. The van der Waals surface area contributed by atoms with Gasteiger partial charge in [-0.25, -0.2) is 4.57 Å². The van der Waals surface area contributed by atoms with Crippen molar-refractivity contribution in [1.82, 2.24) is 0 Å². The highest BCUT2D eigenvalue weighted by Crippen LogP contribution is 2.43. The molecular weight excluding hydrogens is 858 g/mol. The summed E-state index contributed by atoms with van der Waals surface area (Å²) in [6.45, 7) is 4.25. The molecule has 2 atom stereocenters. The number of ether oxygens (including phenoxy) is 2. The van der Waals surface area contributed by atoms with E-state index in [0.717, 1.165) is 109 Å². The zero-order chi connectivity index (χ0) is 49.2. The number of hydrogen-bond acceptors (Lipinski definition) is 7. The molecule has 2 unspecified atom stereocenters. The molecule has 0 aromatic heterocycles. The van der Waals surface area contributed by atoms with Crippen molar-refractivity contribution in [3.05, 3.63) is 109 Å². The predicted molar refractivity (Wildman–Crippen MR) is 284 cm³/mol. The number of phosphoric acid groups is 1. The SMILES string of the molecule is CC/C=C\C/C=C\C/C=C\C/C=C\C/C=C\C/C=C\C/C=C\C/C=C\C/C=C\CCCCCCCC(=O)OC(COC(=O)CCCCCCCCCCCC)COP(=O)(O)OCC[N+](C)(C)C. The highest BCUT2D eigenvalue weighted by Gasteiger charge is 2.27. The Labute approximate surface area is 410 Å². The Bertz CT molecular complexity index is 1500. The maximum Gasteiger partial charge on any atom is 0.472 e. The molecule has 0 aromatic carbocycles. The minimum absolute atomic E-state index is 0.0228. The monoisotopic (exact) mass is 955 g/mol. The molecule has 1 N–H and O–H groups in total. The lowest BCUT2D eigenvalue weighted by Crippen LogP contribution is -2.37. The number of phosphoric ester groups is 1. The fourth-order valence-corrected chi connectivity index (χ4v) is 7.28. The molecule has 0 amide bonds. The van der Waals surface area contributed by atoms with E-state index in [2.05, 4.69) is 123 Å². The van der Waals surface area contributed by atoms with Gasteiger partial charge in [0.15, 0.2) is 6.10 Å². The van der Waals surface area contributed by atoms with Crippen LogP contribution in [-0.4, -0.2) is 74.9 Å². The lowest BCUT2D eigenvalue weighted by Gasteiger charge is -2.24. The third-order valence-corrected chi connectivity index (χ3v) is 11.6. The van der Waals surface area contributed by atoms with Crippen LogP contribution in [0.5, 0.6) is 0 Å². The minimum atomic E-state index is -4.39. The number of unbranched alkanes of at least 4 members (excludes halogenated alkanes) is 14. The molecule has 0 aromatic rings. The summed E-state index contributed by atoms with van der Waals surface area (Å²) in [6.07, 6.45) is 65.9. The van der Waals surface area contributed by atoms with E-state index in [4.69, 9.17) is 18.5 Å². The fourth-order valence-electron chi connectivity index (χ4n) is 6.53. The van der Waals surface area contributed by atoms with Crippen LogP contribution in [0.4, 0.5) is 0 Å². The number of likely N-dealkylation sites (N-methyl/N-ethyl adjacent to an activating group) is 1. The number of carbonyl (C=O) groups is 2. The molecule has 0 fully saturated rings. The number of quaternary nitrogens is 1. The molecule has 0 aliphatic heterocycles. The van der Waals surface area contributed by atoms with Crippen LogP contribution in [0.3, 0.4) is 0 Å². The van der Waals surface area contributed by atoms with Crippen LogP contribution >= 0.6 is 7.82 Å². The zero-order valence-corrected chi connectivity index (χ0v) is 44.0. The number of nitrogens with zero attached hydrogens (tertiary/aromatic N) is 1. The Balaban J connectivity index is 4.21. The van der Waals surface area contributed by atoms with Crippen LogP contribution in [0.25, 0.3) is 0 Å². The average molecular weight is 955 g/mol. The van der Waals surface area contributed by atoms with E-state index in [1.807, 2.05) is 21.1 Å². The maximum atomic E-state index is 12.7. The normalized spacial score (nSPS) is 14.3. The van der Waals surface area contributed by atoms with Crippen molar-refractivity contribution in [1.29, 1.82) is 0 Å². The van der Waals surface area contributed by atoms with Crippen molar-refractivity contribution < 1.29 is 42.1 Å². The molecule has 0 spiro atoms. The molecular formula is C57H97NO8P+. The molecule has 9 nitrogen and oxygen atoms in total. The van der Waals surface area contributed by atoms with Gasteiger partial charge >= 0.3 is 19.8 Å². The quantitative estimate of drug-likeness (QED) is 0.0211. The lowest BCUT2D eigenvalue weighted by atomic mass is 10.1. The number of hydrogen-bond donors (Lipinski definition) is 1. The van der Waals surface area contributed by atoms with Crippen LogP contribution in [0.15, 0.2) is 109 Å². The summed E-state index contributed by atoms with van der Waals surface area (Å²) < 4.78 is 34.3.